The third kappa shape index (κ3) is 3.68. The normalized spacial score (nSPS) is 23.0. The molecule has 2 rings (SSSR count). The Balaban J connectivity index is 1.96. The molecular weight excluding hydrogens is 244 g/mol. The Morgan fingerprint density at radius 3 is 2.58 bits per heavy atom. The topological polar surface area (TPSA) is 53.0 Å². The monoisotopic (exact) mass is 270 g/mol. The molecule has 5 heteroatoms. The first kappa shape index (κ1) is 14.8. The molecule has 1 aliphatic carbocycles. The SMILES string of the molecule is CC(C(=O)N1CCOCC1)N(CCO)C1CCCC1. The van der Waals surface area contributed by atoms with Crippen molar-refractivity contribution < 1.29 is 14.6 Å². The van der Waals surface area contributed by atoms with E-state index in [4.69, 9.17) is 4.74 Å². The minimum Gasteiger partial charge on any atom is -0.395 e. The number of aliphatic hydroxyl groups excluding tert-OH is 1. The molecule has 0 spiro atoms. The second kappa shape index (κ2) is 7.22. The van der Waals surface area contributed by atoms with Crippen molar-refractivity contribution in [1.29, 1.82) is 0 Å². The molecule has 1 saturated carbocycles. The minimum atomic E-state index is -0.131. The first-order valence-corrected chi connectivity index (χ1v) is 7.47. The maximum Gasteiger partial charge on any atom is 0.239 e. The molecule has 1 aliphatic heterocycles. The number of morpholine rings is 1. The van der Waals surface area contributed by atoms with Gasteiger partial charge in [0.2, 0.25) is 5.91 Å². The van der Waals surface area contributed by atoms with Gasteiger partial charge in [-0.25, -0.2) is 0 Å². The van der Waals surface area contributed by atoms with Gasteiger partial charge < -0.3 is 14.7 Å². The van der Waals surface area contributed by atoms with Gasteiger partial charge in [-0.1, -0.05) is 12.8 Å². The van der Waals surface area contributed by atoms with E-state index in [9.17, 15) is 9.90 Å². The van der Waals surface area contributed by atoms with Crippen molar-refractivity contribution in [2.75, 3.05) is 39.5 Å². The van der Waals surface area contributed by atoms with Gasteiger partial charge in [0.25, 0.3) is 0 Å². The number of hydrogen-bond donors (Lipinski definition) is 1. The fourth-order valence-corrected chi connectivity index (χ4v) is 3.23. The molecule has 0 aromatic rings. The summed E-state index contributed by atoms with van der Waals surface area (Å²) in [6, 6.07) is 0.334. The van der Waals surface area contributed by atoms with Crippen LogP contribution in [0.4, 0.5) is 0 Å². The summed E-state index contributed by atoms with van der Waals surface area (Å²) in [4.78, 5) is 16.6. The standard InChI is InChI=1S/C14H26N2O3/c1-12(14(18)15-7-10-19-11-8-15)16(6-9-17)13-4-2-3-5-13/h12-13,17H,2-11H2,1H3. The zero-order valence-electron chi connectivity index (χ0n) is 11.9. The molecule has 0 aromatic heterocycles. The van der Waals surface area contributed by atoms with Crippen molar-refractivity contribution in [2.24, 2.45) is 0 Å². The van der Waals surface area contributed by atoms with Crippen LogP contribution < -0.4 is 0 Å². The molecule has 1 atom stereocenters. The van der Waals surface area contributed by atoms with Crippen LogP contribution in [-0.2, 0) is 9.53 Å². The second-order valence-corrected chi connectivity index (χ2v) is 5.51. The molecule has 0 bridgehead atoms. The maximum absolute atomic E-state index is 12.5. The van der Waals surface area contributed by atoms with Crippen molar-refractivity contribution in [1.82, 2.24) is 9.80 Å². The van der Waals surface area contributed by atoms with Crippen LogP contribution in [0.15, 0.2) is 0 Å². The van der Waals surface area contributed by atoms with E-state index in [1.807, 2.05) is 11.8 Å². The van der Waals surface area contributed by atoms with Crippen LogP contribution in [0.1, 0.15) is 32.6 Å². The van der Waals surface area contributed by atoms with Gasteiger partial charge in [0.05, 0.1) is 25.9 Å². The van der Waals surface area contributed by atoms with Crippen LogP contribution >= 0.6 is 0 Å². The van der Waals surface area contributed by atoms with Crippen LogP contribution in [0.5, 0.6) is 0 Å². The second-order valence-electron chi connectivity index (χ2n) is 5.51. The van der Waals surface area contributed by atoms with Crippen LogP contribution in [0, 0.1) is 0 Å². The highest BCUT2D eigenvalue weighted by Gasteiger charge is 2.32. The molecule has 0 radical (unpaired) electrons. The van der Waals surface area contributed by atoms with Gasteiger partial charge in [0.1, 0.15) is 0 Å². The summed E-state index contributed by atoms with van der Waals surface area (Å²) in [6.45, 7) is 5.37. The van der Waals surface area contributed by atoms with Gasteiger partial charge in [-0.05, 0) is 19.8 Å². The minimum absolute atomic E-state index is 0.122. The first-order valence-electron chi connectivity index (χ1n) is 7.47. The lowest BCUT2D eigenvalue weighted by atomic mass is 10.1. The maximum atomic E-state index is 12.5. The summed E-state index contributed by atoms with van der Waals surface area (Å²) in [7, 11) is 0. The van der Waals surface area contributed by atoms with E-state index in [0.717, 1.165) is 12.8 Å². The molecule has 19 heavy (non-hydrogen) atoms. The Hall–Kier alpha value is -0.650. The summed E-state index contributed by atoms with van der Waals surface area (Å²) in [5.41, 5.74) is 0. The molecule has 1 N–H and O–H groups in total. The zero-order valence-corrected chi connectivity index (χ0v) is 11.9. The highest BCUT2D eigenvalue weighted by atomic mass is 16.5. The highest BCUT2D eigenvalue weighted by Crippen LogP contribution is 2.25. The Bertz CT molecular complexity index is 286. The summed E-state index contributed by atoms with van der Waals surface area (Å²) >= 11 is 0. The zero-order chi connectivity index (χ0) is 13.7. The average Bonchev–Trinajstić information content (AvgIpc) is 2.98. The molecule has 1 heterocycles. The number of hydrogen-bond acceptors (Lipinski definition) is 4. The molecular formula is C14H26N2O3. The Morgan fingerprint density at radius 1 is 1.37 bits per heavy atom. The smallest absolute Gasteiger partial charge is 0.239 e. The molecule has 110 valence electrons. The summed E-state index contributed by atoms with van der Waals surface area (Å²) in [5.74, 6) is 0.184. The summed E-state index contributed by atoms with van der Waals surface area (Å²) < 4.78 is 5.29. The van der Waals surface area contributed by atoms with Crippen molar-refractivity contribution in [2.45, 2.75) is 44.7 Å². The lowest BCUT2D eigenvalue weighted by Gasteiger charge is -2.37. The van der Waals surface area contributed by atoms with Gasteiger partial charge >= 0.3 is 0 Å². The number of amides is 1. The lowest BCUT2D eigenvalue weighted by molar-refractivity contribution is -0.141. The van der Waals surface area contributed by atoms with Gasteiger partial charge in [0, 0.05) is 25.7 Å². The molecule has 1 amide bonds. The van der Waals surface area contributed by atoms with Crippen molar-refractivity contribution in [3.63, 3.8) is 0 Å². The van der Waals surface area contributed by atoms with E-state index in [2.05, 4.69) is 4.90 Å². The third-order valence-corrected chi connectivity index (χ3v) is 4.33. The van der Waals surface area contributed by atoms with Gasteiger partial charge in [-0.3, -0.25) is 9.69 Å². The fraction of sp³-hybridized carbons (Fsp3) is 0.929. The molecule has 5 nitrogen and oxygen atoms in total. The molecule has 2 aliphatic rings. The van der Waals surface area contributed by atoms with Gasteiger partial charge in [-0.2, -0.15) is 0 Å². The van der Waals surface area contributed by atoms with Crippen molar-refractivity contribution >= 4 is 5.91 Å². The Morgan fingerprint density at radius 2 is 2.00 bits per heavy atom. The number of carbonyl (C=O) groups is 1. The number of carbonyl (C=O) groups excluding carboxylic acids is 1. The summed E-state index contributed by atoms with van der Waals surface area (Å²) in [6.07, 6.45) is 4.79. The Kier molecular flexibility index (Phi) is 5.60. The number of aliphatic hydroxyl groups is 1. The van der Waals surface area contributed by atoms with Crippen molar-refractivity contribution in [3.05, 3.63) is 0 Å². The van der Waals surface area contributed by atoms with E-state index in [0.29, 0.717) is 38.9 Å². The lowest BCUT2D eigenvalue weighted by Crippen LogP contribution is -2.53. The van der Waals surface area contributed by atoms with E-state index in [-0.39, 0.29) is 18.6 Å². The molecule has 1 saturated heterocycles. The number of nitrogens with zero attached hydrogens (tertiary/aromatic N) is 2. The van der Waals surface area contributed by atoms with Crippen LogP contribution in [0.2, 0.25) is 0 Å². The van der Waals surface area contributed by atoms with Gasteiger partial charge in [0.15, 0.2) is 0 Å². The van der Waals surface area contributed by atoms with E-state index in [1.54, 1.807) is 0 Å². The van der Waals surface area contributed by atoms with Gasteiger partial charge in [-0.15, -0.1) is 0 Å². The number of ether oxygens (including phenoxy) is 1. The molecule has 1 unspecified atom stereocenters. The summed E-state index contributed by atoms with van der Waals surface area (Å²) in [5, 5.41) is 9.25. The first-order chi connectivity index (χ1) is 9.24. The van der Waals surface area contributed by atoms with E-state index >= 15 is 0 Å². The average molecular weight is 270 g/mol. The predicted octanol–water partition coefficient (Wildman–Crippen LogP) is 0.471. The van der Waals surface area contributed by atoms with Crippen molar-refractivity contribution in [3.8, 4) is 0 Å². The van der Waals surface area contributed by atoms with Crippen LogP contribution in [0.25, 0.3) is 0 Å². The largest absolute Gasteiger partial charge is 0.395 e. The molecule has 2 fully saturated rings. The van der Waals surface area contributed by atoms with E-state index in [1.165, 1.54) is 12.8 Å². The van der Waals surface area contributed by atoms with Crippen LogP contribution in [0.3, 0.4) is 0 Å². The fourth-order valence-electron chi connectivity index (χ4n) is 3.23. The number of rotatable bonds is 5. The predicted molar refractivity (Wildman–Crippen MR) is 72.9 cm³/mol. The Labute approximate surface area is 115 Å². The van der Waals surface area contributed by atoms with E-state index < -0.39 is 0 Å². The quantitative estimate of drug-likeness (QED) is 0.789. The third-order valence-electron chi connectivity index (χ3n) is 4.33. The highest BCUT2D eigenvalue weighted by molar-refractivity contribution is 5.81. The van der Waals surface area contributed by atoms with Crippen LogP contribution in [-0.4, -0.2) is 72.4 Å². The molecule has 0 aromatic carbocycles.